The highest BCUT2D eigenvalue weighted by molar-refractivity contribution is 7.47. The number of aliphatic hydroxyl groups is 2. The summed E-state index contributed by atoms with van der Waals surface area (Å²) in [6.45, 7) is 2.17. The van der Waals surface area contributed by atoms with Crippen LogP contribution < -0.4 is 0 Å². The van der Waals surface area contributed by atoms with E-state index in [-0.39, 0.29) is 19.4 Å². The number of rotatable bonds is 38. The predicted molar refractivity (Wildman–Crippen MR) is 223 cm³/mol. The summed E-state index contributed by atoms with van der Waals surface area (Å²) in [7, 11) is -4.63. The summed E-state index contributed by atoms with van der Waals surface area (Å²) in [5, 5.41) is 18.3. The normalized spacial score (nSPS) is 18.1. The summed E-state index contributed by atoms with van der Waals surface area (Å²) >= 11 is 0. The average molecular weight is 811 g/mol. The van der Waals surface area contributed by atoms with Gasteiger partial charge in [0.15, 0.2) is 6.10 Å². The number of ether oxygens (including phenoxy) is 3. The van der Waals surface area contributed by atoms with E-state index in [1.54, 1.807) is 0 Å². The Bertz CT molecular complexity index is 1180. The van der Waals surface area contributed by atoms with Crippen LogP contribution in [0.3, 0.4) is 0 Å². The van der Waals surface area contributed by atoms with Gasteiger partial charge in [-0.25, -0.2) is 4.57 Å². The molecule has 1 fully saturated rings. The molecule has 0 spiro atoms. The van der Waals surface area contributed by atoms with Crippen LogP contribution in [0.2, 0.25) is 0 Å². The third-order valence-electron chi connectivity index (χ3n) is 9.08. The molecule has 3 unspecified atom stereocenters. The highest BCUT2D eigenvalue weighted by Crippen LogP contribution is 2.43. The van der Waals surface area contributed by atoms with E-state index in [0.717, 1.165) is 89.9 Å². The molecule has 11 nitrogen and oxygen atoms in total. The van der Waals surface area contributed by atoms with Gasteiger partial charge < -0.3 is 29.3 Å². The number of esters is 2. The van der Waals surface area contributed by atoms with E-state index < -0.39 is 51.8 Å². The highest BCUT2D eigenvalue weighted by Gasteiger charge is 2.36. The summed E-state index contributed by atoms with van der Waals surface area (Å²) in [6, 6.07) is 0. The standard InChI is InChI=1S/C44H75O11P/c1-3-5-7-8-9-10-11-12-13-14-15-16-17-18-22-25-29-33-43(47)51-37-40(38-53-56(49,50)52-36-39(46)35-45)54-44(48)34-30-26-23-20-19-21-24-28-32-42-41(55-42)31-27-6-4-2/h5,7,9-10,12-13,15-16,24,28,39-42,45-46H,3-4,6,8,11,14,17-23,25-27,29-38H2,1-2H3,(H,49,50)/b7-5-,10-9-,13-12-,16-15-,28-24-/t39-,40+,41?,42?/m0/s1. The Hall–Kier alpha value is -2.37. The van der Waals surface area contributed by atoms with Crippen molar-refractivity contribution >= 4 is 19.8 Å². The van der Waals surface area contributed by atoms with Gasteiger partial charge >= 0.3 is 19.8 Å². The van der Waals surface area contributed by atoms with Crippen molar-refractivity contribution < 1.29 is 52.5 Å². The summed E-state index contributed by atoms with van der Waals surface area (Å²) < 4.78 is 38.4. The smallest absolute Gasteiger partial charge is 0.462 e. The lowest BCUT2D eigenvalue weighted by Gasteiger charge is -2.20. The van der Waals surface area contributed by atoms with E-state index in [1.807, 2.05) is 0 Å². The van der Waals surface area contributed by atoms with Gasteiger partial charge in [-0.05, 0) is 77.0 Å². The first-order valence-electron chi connectivity index (χ1n) is 21.4. The van der Waals surface area contributed by atoms with Gasteiger partial charge in [0.05, 0.1) is 32.0 Å². The first-order chi connectivity index (χ1) is 27.2. The van der Waals surface area contributed by atoms with Gasteiger partial charge in [0.1, 0.15) is 12.7 Å². The molecular weight excluding hydrogens is 735 g/mol. The molecule has 56 heavy (non-hydrogen) atoms. The summed E-state index contributed by atoms with van der Waals surface area (Å²) in [5.74, 6) is -0.979. The number of aliphatic hydroxyl groups excluding tert-OH is 2. The molecule has 1 rings (SSSR count). The van der Waals surface area contributed by atoms with Crippen molar-refractivity contribution in [3.05, 3.63) is 60.8 Å². The molecule has 0 bridgehead atoms. The monoisotopic (exact) mass is 811 g/mol. The molecule has 0 aromatic rings. The van der Waals surface area contributed by atoms with Crippen LogP contribution in [-0.4, -0.2) is 77.9 Å². The van der Waals surface area contributed by atoms with Crippen molar-refractivity contribution in [2.24, 2.45) is 0 Å². The Labute approximate surface area is 338 Å². The second kappa shape index (κ2) is 35.8. The Morgan fingerprint density at radius 1 is 0.661 bits per heavy atom. The maximum Gasteiger partial charge on any atom is 0.472 e. The molecule has 3 N–H and O–H groups in total. The molecule has 0 aromatic carbocycles. The first-order valence-corrected chi connectivity index (χ1v) is 22.9. The maximum absolute atomic E-state index is 12.6. The van der Waals surface area contributed by atoms with Gasteiger partial charge in [-0.3, -0.25) is 18.6 Å². The summed E-state index contributed by atoms with van der Waals surface area (Å²) in [6.07, 6.45) is 40.7. The Balaban J connectivity index is 2.28. The van der Waals surface area contributed by atoms with Crippen LogP contribution in [0, 0.1) is 0 Å². The number of unbranched alkanes of at least 4 members (excludes halogenated alkanes) is 11. The molecule has 12 heteroatoms. The van der Waals surface area contributed by atoms with Gasteiger partial charge in [0, 0.05) is 12.8 Å². The fourth-order valence-electron chi connectivity index (χ4n) is 5.70. The second-order valence-electron chi connectivity index (χ2n) is 14.4. The van der Waals surface area contributed by atoms with Crippen molar-refractivity contribution in [2.75, 3.05) is 26.4 Å². The van der Waals surface area contributed by atoms with Crippen LogP contribution in [0.4, 0.5) is 0 Å². The zero-order chi connectivity index (χ0) is 41.0. The van der Waals surface area contributed by atoms with Crippen molar-refractivity contribution in [2.45, 2.75) is 180 Å². The van der Waals surface area contributed by atoms with Crippen LogP contribution in [0.15, 0.2) is 60.8 Å². The second-order valence-corrected chi connectivity index (χ2v) is 15.8. The van der Waals surface area contributed by atoms with Crippen LogP contribution in [-0.2, 0) is 37.4 Å². The lowest BCUT2D eigenvalue weighted by molar-refractivity contribution is -0.161. The lowest BCUT2D eigenvalue weighted by atomic mass is 10.1. The fraction of sp³-hybridized carbons (Fsp3) is 0.727. The van der Waals surface area contributed by atoms with Crippen molar-refractivity contribution in [1.29, 1.82) is 0 Å². The van der Waals surface area contributed by atoms with Crippen LogP contribution >= 0.6 is 7.82 Å². The molecular formula is C44H75O11P. The average Bonchev–Trinajstić information content (AvgIpc) is 3.94. The van der Waals surface area contributed by atoms with Crippen molar-refractivity contribution in [1.82, 2.24) is 0 Å². The zero-order valence-electron chi connectivity index (χ0n) is 34.5. The minimum absolute atomic E-state index is 0.155. The van der Waals surface area contributed by atoms with E-state index in [2.05, 4.69) is 79.1 Å². The molecule has 5 atom stereocenters. The SMILES string of the molecule is CC/C=C\C/C=C\C/C=C\C/C=C\CCCCCCC(=O)OC[C@H](COP(=O)(O)OC[C@@H](O)CO)OC(=O)CCCCCCC/C=C\CC1OC1CCCCC. The quantitative estimate of drug-likeness (QED) is 0.0179. The van der Waals surface area contributed by atoms with E-state index in [4.69, 9.17) is 23.8 Å². The minimum atomic E-state index is -4.63. The van der Waals surface area contributed by atoms with E-state index in [9.17, 15) is 24.2 Å². The van der Waals surface area contributed by atoms with Gasteiger partial charge in [-0.15, -0.1) is 0 Å². The largest absolute Gasteiger partial charge is 0.472 e. The Kier molecular flexibility index (Phi) is 33.0. The number of phosphoric ester groups is 1. The molecule has 0 aromatic heterocycles. The predicted octanol–water partition coefficient (Wildman–Crippen LogP) is 10.1. The molecule has 322 valence electrons. The number of allylic oxidation sites excluding steroid dienone is 9. The minimum Gasteiger partial charge on any atom is -0.462 e. The molecule has 0 aliphatic carbocycles. The molecule has 1 saturated heterocycles. The Morgan fingerprint density at radius 2 is 1.21 bits per heavy atom. The number of hydrogen-bond donors (Lipinski definition) is 3. The number of phosphoric acid groups is 1. The van der Waals surface area contributed by atoms with E-state index in [1.165, 1.54) is 25.7 Å². The van der Waals surface area contributed by atoms with Crippen LogP contribution in [0.25, 0.3) is 0 Å². The maximum atomic E-state index is 12.6. The molecule has 1 aliphatic heterocycles. The highest BCUT2D eigenvalue weighted by atomic mass is 31.2. The van der Waals surface area contributed by atoms with Crippen LogP contribution in [0.1, 0.15) is 155 Å². The molecule has 0 amide bonds. The number of carbonyl (C=O) groups is 2. The summed E-state index contributed by atoms with van der Waals surface area (Å²) in [4.78, 5) is 35.0. The number of hydrogen-bond acceptors (Lipinski definition) is 10. The number of carbonyl (C=O) groups excluding carboxylic acids is 2. The third-order valence-corrected chi connectivity index (χ3v) is 10.0. The van der Waals surface area contributed by atoms with Crippen molar-refractivity contribution in [3.8, 4) is 0 Å². The molecule has 0 radical (unpaired) electrons. The molecule has 1 heterocycles. The van der Waals surface area contributed by atoms with E-state index >= 15 is 0 Å². The number of epoxide rings is 1. The fourth-order valence-corrected chi connectivity index (χ4v) is 6.48. The molecule has 1 aliphatic rings. The first kappa shape index (κ1) is 51.6. The topological polar surface area (TPSA) is 161 Å². The van der Waals surface area contributed by atoms with E-state index in [0.29, 0.717) is 25.0 Å². The van der Waals surface area contributed by atoms with Gasteiger partial charge in [-0.1, -0.05) is 126 Å². The third kappa shape index (κ3) is 32.7. The van der Waals surface area contributed by atoms with Gasteiger partial charge in [0.2, 0.25) is 0 Å². The van der Waals surface area contributed by atoms with Gasteiger partial charge in [0.25, 0.3) is 0 Å². The lowest BCUT2D eigenvalue weighted by Crippen LogP contribution is -2.29. The zero-order valence-corrected chi connectivity index (χ0v) is 35.4. The van der Waals surface area contributed by atoms with Gasteiger partial charge in [-0.2, -0.15) is 0 Å². The van der Waals surface area contributed by atoms with Crippen LogP contribution in [0.5, 0.6) is 0 Å². The summed E-state index contributed by atoms with van der Waals surface area (Å²) in [5.41, 5.74) is 0. The molecule has 0 saturated carbocycles. The Morgan fingerprint density at radius 3 is 1.84 bits per heavy atom. The van der Waals surface area contributed by atoms with Crippen molar-refractivity contribution in [3.63, 3.8) is 0 Å².